The second-order valence-corrected chi connectivity index (χ2v) is 6.69. The summed E-state index contributed by atoms with van der Waals surface area (Å²) >= 11 is 0. The van der Waals surface area contributed by atoms with Gasteiger partial charge in [-0.3, -0.25) is 9.67 Å². The zero-order chi connectivity index (χ0) is 17.2. The van der Waals surface area contributed by atoms with Gasteiger partial charge in [0.25, 0.3) is 0 Å². The molecule has 7 heteroatoms. The Balaban J connectivity index is 0.00000312. The second kappa shape index (κ2) is 12.5. The lowest BCUT2D eigenvalue weighted by molar-refractivity contribution is 0.330. The Hall–Kier alpha value is -0.830. The van der Waals surface area contributed by atoms with E-state index < -0.39 is 0 Å². The third-order valence-corrected chi connectivity index (χ3v) is 4.56. The zero-order valence-electron chi connectivity index (χ0n) is 16.1. The van der Waals surface area contributed by atoms with Gasteiger partial charge >= 0.3 is 0 Å². The van der Waals surface area contributed by atoms with Crippen molar-refractivity contribution in [1.29, 1.82) is 0 Å². The number of rotatable bonds is 9. The van der Waals surface area contributed by atoms with Crippen LogP contribution in [0.5, 0.6) is 0 Å². The Bertz CT molecular complexity index is 508. The molecule has 0 radical (unpaired) electrons. The van der Waals surface area contributed by atoms with Crippen LogP contribution in [0, 0.1) is 13.8 Å². The third kappa shape index (κ3) is 8.40. The fourth-order valence-corrected chi connectivity index (χ4v) is 3.23. The van der Waals surface area contributed by atoms with Crippen LogP contribution in [0.3, 0.4) is 0 Å². The summed E-state index contributed by atoms with van der Waals surface area (Å²) < 4.78 is 2.07. The molecule has 2 heterocycles. The smallest absolute Gasteiger partial charge is 0.190 e. The van der Waals surface area contributed by atoms with E-state index in [1.54, 1.807) is 0 Å². The highest BCUT2D eigenvalue weighted by Crippen LogP contribution is 2.07. The fraction of sp³-hybridized carbons (Fsp3) is 0.778. The molecule has 1 aliphatic heterocycles. The lowest BCUT2D eigenvalue weighted by atomic mass is 10.3. The number of aromatic nitrogens is 2. The van der Waals surface area contributed by atoms with Crippen LogP contribution < -0.4 is 10.6 Å². The predicted molar refractivity (Wildman–Crippen MR) is 116 cm³/mol. The molecule has 0 amide bonds. The van der Waals surface area contributed by atoms with E-state index in [-0.39, 0.29) is 24.0 Å². The van der Waals surface area contributed by atoms with Gasteiger partial charge in [0.2, 0.25) is 0 Å². The minimum Gasteiger partial charge on any atom is -0.356 e. The molecule has 6 nitrogen and oxygen atoms in total. The molecule has 1 aliphatic rings. The maximum Gasteiger partial charge on any atom is 0.190 e. The minimum atomic E-state index is 0. The summed E-state index contributed by atoms with van der Waals surface area (Å²) in [5.41, 5.74) is 2.32. The monoisotopic (exact) mass is 462 g/mol. The number of guanidine groups is 1. The fourth-order valence-electron chi connectivity index (χ4n) is 3.23. The van der Waals surface area contributed by atoms with Gasteiger partial charge in [-0.05, 0) is 71.7 Å². The van der Waals surface area contributed by atoms with Crippen molar-refractivity contribution in [3.63, 3.8) is 0 Å². The topological polar surface area (TPSA) is 57.5 Å². The number of aryl methyl sites for hydroxylation is 3. The molecule has 0 unspecified atom stereocenters. The van der Waals surface area contributed by atoms with Crippen LogP contribution in [0.15, 0.2) is 11.1 Å². The van der Waals surface area contributed by atoms with Crippen LogP contribution in [0.2, 0.25) is 0 Å². The Labute approximate surface area is 169 Å². The van der Waals surface area contributed by atoms with E-state index in [0.29, 0.717) is 0 Å². The summed E-state index contributed by atoms with van der Waals surface area (Å²) in [6, 6.07) is 2.12. The van der Waals surface area contributed by atoms with E-state index >= 15 is 0 Å². The van der Waals surface area contributed by atoms with Gasteiger partial charge < -0.3 is 15.5 Å². The van der Waals surface area contributed by atoms with E-state index in [4.69, 9.17) is 0 Å². The van der Waals surface area contributed by atoms with Crippen molar-refractivity contribution in [2.45, 2.75) is 52.5 Å². The molecular formula is C18H35IN6. The molecule has 0 aliphatic carbocycles. The Morgan fingerprint density at radius 3 is 2.36 bits per heavy atom. The normalized spacial score (nSPS) is 15.2. The Morgan fingerprint density at radius 2 is 1.76 bits per heavy atom. The molecule has 1 fully saturated rings. The van der Waals surface area contributed by atoms with Gasteiger partial charge in [0.1, 0.15) is 0 Å². The molecule has 1 aromatic rings. The molecule has 2 rings (SSSR count). The summed E-state index contributed by atoms with van der Waals surface area (Å²) in [4.78, 5) is 6.87. The molecule has 0 aromatic carbocycles. The number of hydrogen-bond acceptors (Lipinski definition) is 3. The van der Waals surface area contributed by atoms with Crippen LogP contribution >= 0.6 is 24.0 Å². The lowest BCUT2D eigenvalue weighted by Gasteiger charge is -2.15. The molecule has 2 N–H and O–H groups in total. The first-order chi connectivity index (χ1) is 11.7. The van der Waals surface area contributed by atoms with Gasteiger partial charge in [0.15, 0.2) is 5.96 Å². The summed E-state index contributed by atoms with van der Waals surface area (Å²) in [6.45, 7) is 10.8. The van der Waals surface area contributed by atoms with Crippen LogP contribution in [0.4, 0.5) is 0 Å². The molecule has 0 spiro atoms. The third-order valence-electron chi connectivity index (χ3n) is 4.56. The highest BCUT2D eigenvalue weighted by Gasteiger charge is 2.10. The van der Waals surface area contributed by atoms with E-state index in [2.05, 4.69) is 43.3 Å². The molecular weight excluding hydrogens is 427 g/mol. The maximum atomic E-state index is 4.49. The van der Waals surface area contributed by atoms with Crippen LogP contribution in [0.1, 0.15) is 43.5 Å². The zero-order valence-corrected chi connectivity index (χ0v) is 18.4. The molecule has 1 saturated heterocycles. The summed E-state index contributed by atoms with van der Waals surface area (Å²) in [5, 5.41) is 11.3. The highest BCUT2D eigenvalue weighted by atomic mass is 127. The average molecular weight is 462 g/mol. The predicted octanol–water partition coefficient (Wildman–Crippen LogP) is 2.55. The van der Waals surface area contributed by atoms with Crippen LogP contribution in [-0.4, -0.2) is 60.4 Å². The van der Waals surface area contributed by atoms with E-state index in [9.17, 15) is 0 Å². The Morgan fingerprint density at radius 1 is 1.08 bits per heavy atom. The van der Waals surface area contributed by atoms with Gasteiger partial charge in [-0.15, -0.1) is 24.0 Å². The molecule has 144 valence electrons. The van der Waals surface area contributed by atoms with Crippen molar-refractivity contribution < 1.29 is 0 Å². The van der Waals surface area contributed by atoms with Crippen LogP contribution in [0.25, 0.3) is 0 Å². The number of nitrogens with zero attached hydrogens (tertiary/aromatic N) is 4. The second-order valence-electron chi connectivity index (χ2n) is 6.69. The van der Waals surface area contributed by atoms with E-state index in [1.165, 1.54) is 51.0 Å². The van der Waals surface area contributed by atoms with Gasteiger partial charge in [-0.2, -0.15) is 5.10 Å². The lowest BCUT2D eigenvalue weighted by Crippen LogP contribution is -2.38. The number of hydrogen-bond donors (Lipinski definition) is 2. The van der Waals surface area contributed by atoms with Gasteiger partial charge in [0.05, 0.1) is 5.69 Å². The SMILES string of the molecule is CN=C(NCCCCN1CCCC1)NCCCn1nc(C)cc1C.I. The summed E-state index contributed by atoms with van der Waals surface area (Å²) in [6.07, 6.45) is 6.27. The van der Waals surface area contributed by atoms with Crippen molar-refractivity contribution in [2.75, 3.05) is 39.8 Å². The first-order valence-corrected chi connectivity index (χ1v) is 9.37. The first kappa shape index (κ1) is 22.2. The van der Waals surface area contributed by atoms with E-state index in [1.807, 2.05) is 14.0 Å². The maximum absolute atomic E-state index is 4.49. The van der Waals surface area contributed by atoms with E-state index in [0.717, 1.165) is 37.7 Å². The minimum absolute atomic E-state index is 0. The molecule has 1 aromatic heterocycles. The van der Waals surface area contributed by atoms with Crippen molar-refractivity contribution in [3.05, 3.63) is 17.5 Å². The average Bonchev–Trinajstić information content (AvgIpc) is 3.18. The summed E-state index contributed by atoms with van der Waals surface area (Å²) in [5.74, 6) is 0.907. The molecule has 25 heavy (non-hydrogen) atoms. The number of halogens is 1. The Kier molecular flexibility index (Phi) is 11.1. The van der Waals surface area contributed by atoms with Gasteiger partial charge in [-0.1, -0.05) is 0 Å². The van der Waals surface area contributed by atoms with Crippen LogP contribution in [-0.2, 0) is 6.54 Å². The molecule has 0 saturated carbocycles. The number of nitrogens with one attached hydrogen (secondary N) is 2. The van der Waals surface area contributed by atoms with Crippen molar-refractivity contribution >= 4 is 29.9 Å². The highest BCUT2D eigenvalue weighted by molar-refractivity contribution is 14.0. The quantitative estimate of drug-likeness (QED) is 0.256. The number of likely N-dealkylation sites (tertiary alicyclic amines) is 1. The van der Waals surface area contributed by atoms with Gasteiger partial charge in [-0.25, -0.2) is 0 Å². The number of aliphatic imine (C=N–C) groups is 1. The molecule has 0 atom stereocenters. The van der Waals surface area contributed by atoms with Crippen molar-refractivity contribution in [3.8, 4) is 0 Å². The number of unbranched alkanes of at least 4 members (excludes halogenated alkanes) is 1. The van der Waals surface area contributed by atoms with Crippen molar-refractivity contribution in [2.24, 2.45) is 4.99 Å². The van der Waals surface area contributed by atoms with Crippen molar-refractivity contribution in [1.82, 2.24) is 25.3 Å². The first-order valence-electron chi connectivity index (χ1n) is 9.37. The largest absolute Gasteiger partial charge is 0.356 e. The molecule has 0 bridgehead atoms. The summed E-state index contributed by atoms with van der Waals surface area (Å²) in [7, 11) is 1.83. The van der Waals surface area contributed by atoms with Gasteiger partial charge in [0, 0.05) is 32.4 Å². The standard InChI is InChI=1S/C18H34N6.HI/c1-16-15-17(2)24(22-16)14-8-10-21-18(19-3)20-9-4-5-11-23-12-6-7-13-23;/h15H,4-14H2,1-3H3,(H2,19,20,21);1H.